The number of rotatable bonds is 6. The fraction of sp³-hybridized carbons (Fsp3) is 0.0625. The summed E-state index contributed by atoms with van der Waals surface area (Å²) in [6.45, 7) is 0.190. The number of hydrogen-bond acceptors (Lipinski definition) is 5. The molecule has 0 spiro atoms. The normalized spacial score (nSPS) is 10.9. The monoisotopic (exact) mass is 344 g/mol. The van der Waals surface area contributed by atoms with Gasteiger partial charge in [0.1, 0.15) is 5.75 Å². The van der Waals surface area contributed by atoms with E-state index in [1.54, 1.807) is 18.3 Å². The highest BCUT2D eigenvalue weighted by atomic mass is 32.1. The Kier molecular flexibility index (Phi) is 4.97. The van der Waals surface area contributed by atoms with E-state index in [1.165, 1.54) is 17.0 Å². The van der Waals surface area contributed by atoms with Crippen LogP contribution in [0, 0.1) is 5.13 Å². The molecule has 3 rings (SSSR count). The number of hydrazone groups is 1. The van der Waals surface area contributed by atoms with Gasteiger partial charge < -0.3 is 4.74 Å². The molecule has 24 heavy (non-hydrogen) atoms. The maximum Gasteiger partial charge on any atom is 0.291 e. The van der Waals surface area contributed by atoms with E-state index in [4.69, 9.17) is 4.74 Å². The molecule has 0 saturated heterocycles. The lowest BCUT2D eigenvalue weighted by atomic mass is 10.3. The lowest BCUT2D eigenvalue weighted by Gasteiger charge is -2.05. The van der Waals surface area contributed by atoms with Gasteiger partial charge in [-0.15, -0.1) is 11.3 Å². The molecule has 2 heterocycles. The molecular formula is C16H13FN4O2S. The quantitative estimate of drug-likeness (QED) is 0.552. The molecule has 1 N–H and O–H groups in total. The summed E-state index contributed by atoms with van der Waals surface area (Å²) >= 11 is 0.940. The highest BCUT2D eigenvalue weighted by molar-refractivity contribution is 7.12. The molecule has 0 aliphatic rings. The van der Waals surface area contributed by atoms with Crippen LogP contribution in [0.3, 0.4) is 0 Å². The van der Waals surface area contributed by atoms with Gasteiger partial charge in [-0.1, -0.05) is 18.2 Å². The fourth-order valence-corrected chi connectivity index (χ4v) is 2.42. The van der Waals surface area contributed by atoms with E-state index in [1.807, 2.05) is 30.3 Å². The van der Waals surface area contributed by atoms with E-state index < -0.39 is 5.91 Å². The minimum Gasteiger partial charge on any atom is -0.471 e. The van der Waals surface area contributed by atoms with Crippen LogP contribution in [0.5, 0.6) is 5.75 Å². The van der Waals surface area contributed by atoms with Gasteiger partial charge in [-0.3, -0.25) is 4.79 Å². The van der Waals surface area contributed by atoms with Crippen LogP contribution in [0.15, 0.2) is 59.8 Å². The predicted octanol–water partition coefficient (Wildman–Crippen LogP) is 2.88. The summed E-state index contributed by atoms with van der Waals surface area (Å²) in [6, 6.07) is 13.8. The van der Waals surface area contributed by atoms with Crippen molar-refractivity contribution < 1.29 is 13.9 Å². The van der Waals surface area contributed by atoms with Crippen LogP contribution < -0.4 is 10.2 Å². The van der Waals surface area contributed by atoms with E-state index in [9.17, 15) is 9.18 Å². The van der Waals surface area contributed by atoms with Crippen molar-refractivity contribution in [1.29, 1.82) is 0 Å². The zero-order valence-electron chi connectivity index (χ0n) is 12.4. The maximum absolute atomic E-state index is 12.8. The average Bonchev–Trinajstić information content (AvgIpc) is 3.23. The number of halogens is 1. The van der Waals surface area contributed by atoms with Crippen molar-refractivity contribution >= 4 is 23.5 Å². The molecule has 3 aromatic rings. The van der Waals surface area contributed by atoms with Crippen LogP contribution in [-0.4, -0.2) is 21.9 Å². The van der Waals surface area contributed by atoms with Gasteiger partial charge in [-0.25, -0.2) is 10.1 Å². The first-order valence-corrected chi connectivity index (χ1v) is 7.82. The molecule has 0 atom stereocenters. The second-order valence-electron chi connectivity index (χ2n) is 4.67. The summed E-state index contributed by atoms with van der Waals surface area (Å²) in [4.78, 5) is 12.5. The smallest absolute Gasteiger partial charge is 0.291 e. The largest absolute Gasteiger partial charge is 0.471 e. The Morgan fingerprint density at radius 3 is 2.88 bits per heavy atom. The van der Waals surface area contributed by atoms with Crippen molar-refractivity contribution in [2.24, 2.45) is 5.10 Å². The Labute approximate surface area is 141 Å². The van der Waals surface area contributed by atoms with Gasteiger partial charge in [-0.2, -0.15) is 14.6 Å². The van der Waals surface area contributed by atoms with Gasteiger partial charge in [0.15, 0.2) is 17.6 Å². The molecule has 0 saturated carbocycles. The van der Waals surface area contributed by atoms with Crippen LogP contribution in [0.4, 0.5) is 4.39 Å². The van der Waals surface area contributed by atoms with Crippen LogP contribution in [-0.2, 0) is 6.73 Å². The van der Waals surface area contributed by atoms with E-state index in [2.05, 4.69) is 15.6 Å². The molecule has 0 radical (unpaired) electrons. The number of carbonyl (C=O) groups is 1. The molecule has 0 aliphatic heterocycles. The van der Waals surface area contributed by atoms with Crippen molar-refractivity contribution in [3.63, 3.8) is 0 Å². The van der Waals surface area contributed by atoms with Crippen molar-refractivity contribution in [2.75, 3.05) is 0 Å². The van der Waals surface area contributed by atoms with Crippen LogP contribution in [0.2, 0.25) is 0 Å². The Morgan fingerprint density at radius 1 is 1.29 bits per heavy atom. The molecule has 8 heteroatoms. The first-order valence-electron chi connectivity index (χ1n) is 7.01. The van der Waals surface area contributed by atoms with Gasteiger partial charge in [-0.05, 0) is 30.3 Å². The number of aromatic nitrogens is 2. The predicted molar refractivity (Wildman–Crippen MR) is 88.6 cm³/mol. The maximum atomic E-state index is 12.8. The molecule has 0 aliphatic carbocycles. The summed E-state index contributed by atoms with van der Waals surface area (Å²) in [5, 5.41) is 7.57. The topological polar surface area (TPSA) is 68.5 Å². The zero-order chi connectivity index (χ0) is 16.8. The molecule has 122 valence electrons. The third-order valence-corrected chi connectivity index (χ3v) is 3.74. The number of amides is 1. The molecule has 1 aromatic carbocycles. The molecular weight excluding hydrogens is 331 g/mol. The third-order valence-electron chi connectivity index (χ3n) is 2.93. The number of benzene rings is 1. The number of thiophene rings is 1. The minimum absolute atomic E-state index is 0.190. The number of nitrogens with zero attached hydrogens (tertiary/aromatic N) is 3. The Balaban J connectivity index is 1.52. The number of ether oxygens (including phenoxy) is 1. The van der Waals surface area contributed by atoms with Crippen molar-refractivity contribution in [1.82, 2.24) is 15.2 Å². The standard InChI is InChI=1S/C16H13FN4O2S/c17-15-7-6-13(24-15)10-18-19-16(22)14-8-9-21(20-14)11-23-12-4-2-1-3-5-12/h1-10H,11H2,(H,19,22)/b18-10-. The minimum atomic E-state index is -0.457. The lowest BCUT2D eigenvalue weighted by molar-refractivity contribution is 0.0948. The molecule has 0 fully saturated rings. The van der Waals surface area contributed by atoms with Gasteiger partial charge in [0.25, 0.3) is 5.91 Å². The van der Waals surface area contributed by atoms with Crippen molar-refractivity contribution in [3.8, 4) is 5.75 Å². The number of hydrogen-bond donors (Lipinski definition) is 1. The zero-order valence-corrected chi connectivity index (χ0v) is 13.2. The Hall–Kier alpha value is -3.00. The molecule has 2 aromatic heterocycles. The second kappa shape index (κ2) is 7.51. The highest BCUT2D eigenvalue weighted by Gasteiger charge is 2.08. The van der Waals surface area contributed by atoms with Crippen molar-refractivity contribution in [3.05, 3.63) is 70.4 Å². The number of nitrogens with one attached hydrogen (secondary N) is 1. The van der Waals surface area contributed by atoms with Crippen LogP contribution in [0.1, 0.15) is 15.4 Å². The SMILES string of the molecule is O=C(N/N=C\c1ccc(F)s1)c1ccn(COc2ccccc2)n1. The second-order valence-corrected chi connectivity index (χ2v) is 5.73. The average molecular weight is 344 g/mol. The number of para-hydroxylation sites is 1. The summed E-state index contributed by atoms with van der Waals surface area (Å²) in [6.07, 6.45) is 3.01. The van der Waals surface area contributed by atoms with Crippen LogP contribution >= 0.6 is 11.3 Å². The molecule has 0 unspecified atom stereocenters. The Bertz CT molecular complexity index is 845. The van der Waals surface area contributed by atoms with Crippen LogP contribution in [0.25, 0.3) is 0 Å². The first kappa shape index (κ1) is 15.9. The highest BCUT2D eigenvalue weighted by Crippen LogP contribution is 2.11. The third kappa shape index (κ3) is 4.26. The molecule has 1 amide bonds. The van der Waals surface area contributed by atoms with E-state index in [-0.39, 0.29) is 17.6 Å². The van der Waals surface area contributed by atoms with Gasteiger partial charge >= 0.3 is 0 Å². The van der Waals surface area contributed by atoms with E-state index >= 15 is 0 Å². The van der Waals surface area contributed by atoms with E-state index in [0.717, 1.165) is 11.3 Å². The Morgan fingerprint density at radius 2 is 2.12 bits per heavy atom. The number of carbonyl (C=O) groups excluding carboxylic acids is 1. The van der Waals surface area contributed by atoms with Gasteiger partial charge in [0.2, 0.25) is 0 Å². The summed E-state index contributed by atoms with van der Waals surface area (Å²) in [5.74, 6) is 0.258. The molecule has 6 nitrogen and oxygen atoms in total. The summed E-state index contributed by atoms with van der Waals surface area (Å²) in [7, 11) is 0. The fourth-order valence-electron chi connectivity index (χ4n) is 1.82. The summed E-state index contributed by atoms with van der Waals surface area (Å²) in [5.41, 5.74) is 2.55. The van der Waals surface area contributed by atoms with Gasteiger partial charge in [0.05, 0.1) is 11.1 Å². The van der Waals surface area contributed by atoms with Crippen molar-refractivity contribution in [2.45, 2.75) is 6.73 Å². The van der Waals surface area contributed by atoms with Gasteiger partial charge in [0, 0.05) is 6.20 Å². The summed E-state index contributed by atoms with van der Waals surface area (Å²) < 4.78 is 19.9. The first-order chi connectivity index (χ1) is 11.7. The molecule has 0 bridgehead atoms. The van der Waals surface area contributed by atoms with E-state index in [0.29, 0.717) is 10.6 Å². The lowest BCUT2D eigenvalue weighted by Crippen LogP contribution is -2.18.